The molecule has 0 saturated carbocycles. The minimum atomic E-state index is 0.0711. The van der Waals surface area contributed by atoms with Gasteiger partial charge < -0.3 is 10.2 Å². The molecule has 148 valence electrons. The zero-order valence-electron chi connectivity index (χ0n) is 16.4. The zero-order valence-corrected chi connectivity index (χ0v) is 16.4. The Morgan fingerprint density at radius 1 is 0.889 bits per heavy atom. The fourth-order valence-corrected chi connectivity index (χ4v) is 4.07. The molecule has 0 bridgehead atoms. The van der Waals surface area contributed by atoms with E-state index in [1.165, 1.54) is 19.3 Å². The minimum absolute atomic E-state index is 0.0711. The van der Waals surface area contributed by atoms with E-state index in [0.717, 1.165) is 57.4 Å². The van der Waals surface area contributed by atoms with Gasteiger partial charge in [0.2, 0.25) is 11.8 Å². The van der Waals surface area contributed by atoms with Crippen molar-refractivity contribution in [1.29, 1.82) is 0 Å². The average molecular weight is 372 g/mol. The van der Waals surface area contributed by atoms with Crippen molar-refractivity contribution < 1.29 is 9.59 Å². The molecule has 2 aliphatic rings. The number of likely N-dealkylation sites (tertiary alicyclic amines) is 2. The summed E-state index contributed by atoms with van der Waals surface area (Å²) in [6.45, 7) is 4.60. The van der Waals surface area contributed by atoms with Crippen LogP contribution in [0.5, 0.6) is 0 Å². The lowest BCUT2D eigenvalue weighted by molar-refractivity contribution is -0.133. The van der Waals surface area contributed by atoms with Crippen LogP contribution in [0.4, 0.5) is 0 Å². The summed E-state index contributed by atoms with van der Waals surface area (Å²) < 4.78 is 0. The Morgan fingerprint density at radius 2 is 1.52 bits per heavy atom. The summed E-state index contributed by atoms with van der Waals surface area (Å²) in [6.07, 6.45) is 7.75. The number of hydrogen-bond acceptors (Lipinski definition) is 3. The van der Waals surface area contributed by atoms with E-state index in [-0.39, 0.29) is 17.7 Å². The van der Waals surface area contributed by atoms with Gasteiger partial charge in [-0.2, -0.15) is 0 Å². The molecule has 2 aliphatic heterocycles. The molecule has 2 heterocycles. The Balaban J connectivity index is 1.37. The number of nitrogens with one attached hydrogen (secondary N) is 1. The molecule has 3 rings (SSSR count). The van der Waals surface area contributed by atoms with Gasteiger partial charge in [0.15, 0.2) is 0 Å². The monoisotopic (exact) mass is 371 g/mol. The molecule has 1 N–H and O–H groups in total. The van der Waals surface area contributed by atoms with Crippen LogP contribution >= 0.6 is 0 Å². The van der Waals surface area contributed by atoms with Crippen molar-refractivity contribution in [2.24, 2.45) is 5.92 Å². The van der Waals surface area contributed by atoms with Gasteiger partial charge in [0.25, 0.3) is 0 Å². The molecule has 27 heavy (non-hydrogen) atoms. The zero-order chi connectivity index (χ0) is 18.9. The van der Waals surface area contributed by atoms with Crippen molar-refractivity contribution in [3.63, 3.8) is 0 Å². The quantitative estimate of drug-likeness (QED) is 0.866. The van der Waals surface area contributed by atoms with E-state index in [0.29, 0.717) is 13.1 Å². The molecule has 1 aromatic carbocycles. The first kappa shape index (κ1) is 19.9. The number of nitrogens with zero attached hydrogens (tertiary/aromatic N) is 2. The van der Waals surface area contributed by atoms with Gasteiger partial charge in [0.05, 0.1) is 6.54 Å². The van der Waals surface area contributed by atoms with Crippen LogP contribution in [0.1, 0.15) is 50.5 Å². The van der Waals surface area contributed by atoms with Gasteiger partial charge in [0.1, 0.15) is 0 Å². The molecule has 1 aromatic rings. The maximum Gasteiger partial charge on any atom is 0.236 e. The van der Waals surface area contributed by atoms with E-state index in [1.807, 2.05) is 30.3 Å². The van der Waals surface area contributed by atoms with Gasteiger partial charge in [-0.25, -0.2) is 0 Å². The average Bonchev–Trinajstić information content (AvgIpc) is 2.67. The highest BCUT2D eigenvalue weighted by molar-refractivity contribution is 5.79. The Labute approximate surface area is 163 Å². The van der Waals surface area contributed by atoms with Gasteiger partial charge in [-0.3, -0.25) is 14.5 Å². The van der Waals surface area contributed by atoms with E-state index in [2.05, 4.69) is 15.1 Å². The maximum atomic E-state index is 12.6. The molecule has 2 fully saturated rings. The molecule has 5 heteroatoms. The molecule has 0 aliphatic carbocycles. The first-order valence-corrected chi connectivity index (χ1v) is 10.5. The van der Waals surface area contributed by atoms with Gasteiger partial charge in [0, 0.05) is 25.6 Å². The highest BCUT2D eigenvalue weighted by Crippen LogP contribution is 2.18. The molecule has 0 unspecified atom stereocenters. The number of benzene rings is 1. The van der Waals surface area contributed by atoms with Crippen molar-refractivity contribution in [3.05, 3.63) is 35.9 Å². The largest absolute Gasteiger partial charge is 0.352 e. The summed E-state index contributed by atoms with van der Waals surface area (Å²) in [5, 5.41) is 3.06. The number of hydrogen-bond donors (Lipinski definition) is 1. The number of rotatable bonds is 5. The molecule has 0 spiro atoms. The van der Waals surface area contributed by atoms with Gasteiger partial charge in [-0.15, -0.1) is 0 Å². The Kier molecular flexibility index (Phi) is 7.69. The lowest BCUT2D eigenvalue weighted by Gasteiger charge is -2.33. The van der Waals surface area contributed by atoms with Crippen LogP contribution in [0.2, 0.25) is 0 Å². The first-order chi connectivity index (χ1) is 13.2. The number of carbonyl (C=O) groups is 2. The second-order valence-corrected chi connectivity index (χ2v) is 7.90. The fraction of sp³-hybridized carbons (Fsp3) is 0.636. The second-order valence-electron chi connectivity index (χ2n) is 7.90. The molecular formula is C22H33N3O2. The summed E-state index contributed by atoms with van der Waals surface area (Å²) >= 11 is 0. The summed E-state index contributed by atoms with van der Waals surface area (Å²) in [7, 11) is 0. The van der Waals surface area contributed by atoms with Crippen LogP contribution in [0.3, 0.4) is 0 Å². The summed E-state index contributed by atoms with van der Waals surface area (Å²) in [4.78, 5) is 29.3. The topological polar surface area (TPSA) is 52.7 Å². The summed E-state index contributed by atoms with van der Waals surface area (Å²) in [6, 6.07) is 10.0. The highest BCUT2D eigenvalue weighted by atomic mass is 16.2. The Hall–Kier alpha value is -1.88. The van der Waals surface area contributed by atoms with Crippen LogP contribution in [-0.4, -0.2) is 54.3 Å². The van der Waals surface area contributed by atoms with E-state index in [1.54, 1.807) is 0 Å². The normalized spacial score (nSPS) is 19.9. The van der Waals surface area contributed by atoms with Crippen LogP contribution in [0.25, 0.3) is 0 Å². The highest BCUT2D eigenvalue weighted by Gasteiger charge is 2.27. The van der Waals surface area contributed by atoms with Crippen LogP contribution in [-0.2, 0) is 16.1 Å². The van der Waals surface area contributed by atoms with E-state index >= 15 is 0 Å². The Bertz CT molecular complexity index is 589. The molecule has 2 amide bonds. The van der Waals surface area contributed by atoms with E-state index in [4.69, 9.17) is 0 Å². The third kappa shape index (κ3) is 6.35. The standard InChI is InChI=1S/C22H33N3O2/c26-21(25-13-7-2-1-3-8-14-25)18-24-15-11-20(12-16-24)22(27)23-17-19-9-5-4-6-10-19/h4-6,9-10,20H,1-3,7-8,11-18H2,(H,23,27). The number of carbonyl (C=O) groups excluding carboxylic acids is 2. The minimum Gasteiger partial charge on any atom is -0.352 e. The van der Waals surface area contributed by atoms with Crippen molar-refractivity contribution in [2.75, 3.05) is 32.7 Å². The van der Waals surface area contributed by atoms with Crippen LogP contribution in [0, 0.1) is 5.92 Å². The predicted octanol–water partition coefficient (Wildman–Crippen LogP) is 2.81. The molecule has 5 nitrogen and oxygen atoms in total. The van der Waals surface area contributed by atoms with Crippen molar-refractivity contribution >= 4 is 11.8 Å². The molecule has 0 radical (unpaired) electrons. The third-order valence-corrected chi connectivity index (χ3v) is 5.84. The van der Waals surface area contributed by atoms with E-state index in [9.17, 15) is 9.59 Å². The lowest BCUT2D eigenvalue weighted by atomic mass is 9.95. The summed E-state index contributed by atoms with van der Waals surface area (Å²) in [5.41, 5.74) is 1.13. The fourth-order valence-electron chi connectivity index (χ4n) is 4.07. The van der Waals surface area contributed by atoms with Gasteiger partial charge in [-0.05, 0) is 44.3 Å². The molecular weight excluding hydrogens is 338 g/mol. The van der Waals surface area contributed by atoms with Crippen molar-refractivity contribution in [3.8, 4) is 0 Å². The molecule has 2 saturated heterocycles. The molecule has 0 aromatic heterocycles. The van der Waals surface area contributed by atoms with E-state index < -0.39 is 0 Å². The smallest absolute Gasteiger partial charge is 0.236 e. The third-order valence-electron chi connectivity index (χ3n) is 5.84. The van der Waals surface area contributed by atoms with Gasteiger partial charge in [-0.1, -0.05) is 49.6 Å². The maximum absolute atomic E-state index is 12.6. The van der Waals surface area contributed by atoms with Crippen LogP contribution < -0.4 is 5.32 Å². The van der Waals surface area contributed by atoms with Gasteiger partial charge >= 0.3 is 0 Å². The number of amides is 2. The van der Waals surface area contributed by atoms with Crippen molar-refractivity contribution in [2.45, 2.75) is 51.5 Å². The van der Waals surface area contributed by atoms with Crippen molar-refractivity contribution in [1.82, 2.24) is 15.1 Å². The number of piperidine rings is 1. The second kappa shape index (κ2) is 10.5. The predicted molar refractivity (Wildman–Crippen MR) is 107 cm³/mol. The Morgan fingerprint density at radius 3 is 2.19 bits per heavy atom. The molecule has 0 atom stereocenters. The summed E-state index contributed by atoms with van der Waals surface area (Å²) in [5.74, 6) is 0.485. The lowest BCUT2D eigenvalue weighted by Crippen LogP contribution is -2.46. The van der Waals surface area contributed by atoms with Crippen LogP contribution in [0.15, 0.2) is 30.3 Å². The SMILES string of the molecule is O=C(NCc1ccccc1)C1CCN(CC(=O)N2CCCCCCC2)CC1. The first-order valence-electron chi connectivity index (χ1n) is 10.5.